The van der Waals surface area contributed by atoms with Crippen LogP contribution in [0.25, 0.3) is 21.7 Å². The SMILES string of the molecule is CC(C)CCOc1cc(N(C)C(C)CN2CCN(C(=O)c3cccc4ncccc34)CC2)c2ccccc2c1. The van der Waals surface area contributed by atoms with E-state index >= 15 is 0 Å². The van der Waals surface area contributed by atoms with E-state index in [9.17, 15) is 4.79 Å². The Bertz CT molecular complexity index is 1420. The first-order chi connectivity index (χ1) is 18.9. The summed E-state index contributed by atoms with van der Waals surface area (Å²) in [5, 5.41) is 3.36. The minimum absolute atomic E-state index is 0.0965. The number of likely N-dealkylation sites (N-methyl/N-ethyl adjacent to an activating group) is 1. The Balaban J connectivity index is 1.23. The van der Waals surface area contributed by atoms with Crippen molar-refractivity contribution in [2.75, 3.05) is 51.3 Å². The number of nitrogens with zero attached hydrogens (tertiary/aromatic N) is 4. The molecule has 0 bridgehead atoms. The van der Waals surface area contributed by atoms with Crippen LogP contribution in [0.4, 0.5) is 5.69 Å². The number of carbonyl (C=O) groups excluding carboxylic acids is 1. The second kappa shape index (κ2) is 12.0. The van der Waals surface area contributed by atoms with Gasteiger partial charge in [0.05, 0.1) is 12.1 Å². The van der Waals surface area contributed by atoms with Gasteiger partial charge in [-0.05, 0) is 48.9 Å². The summed E-state index contributed by atoms with van der Waals surface area (Å²) in [5.41, 5.74) is 2.80. The van der Waals surface area contributed by atoms with Gasteiger partial charge in [0.15, 0.2) is 0 Å². The van der Waals surface area contributed by atoms with Gasteiger partial charge in [-0.1, -0.05) is 50.2 Å². The Labute approximate surface area is 232 Å². The standard InChI is InChI=1S/C33H40N4O2/c1-24(2)14-20-39-27-21-26-9-5-6-10-28(26)32(22-27)35(4)25(3)23-36-16-18-37(19-17-36)33(38)30-11-7-13-31-29(30)12-8-15-34-31/h5-13,15,21-22,24-25H,14,16-20,23H2,1-4H3. The van der Waals surface area contributed by atoms with E-state index in [1.54, 1.807) is 6.20 Å². The third-order valence-corrected chi connectivity index (χ3v) is 7.88. The molecule has 6 heteroatoms. The van der Waals surface area contributed by atoms with Gasteiger partial charge in [-0.2, -0.15) is 0 Å². The van der Waals surface area contributed by atoms with Crippen LogP contribution in [0.15, 0.2) is 72.9 Å². The van der Waals surface area contributed by atoms with E-state index < -0.39 is 0 Å². The molecule has 4 aromatic rings. The lowest BCUT2D eigenvalue weighted by molar-refractivity contribution is 0.0634. The number of piperazine rings is 1. The van der Waals surface area contributed by atoms with Gasteiger partial charge in [-0.3, -0.25) is 14.7 Å². The number of hydrogen-bond acceptors (Lipinski definition) is 5. The average molecular weight is 525 g/mol. The number of hydrogen-bond donors (Lipinski definition) is 0. The Morgan fingerprint density at radius 2 is 1.72 bits per heavy atom. The molecule has 1 aromatic heterocycles. The number of benzene rings is 3. The summed E-state index contributed by atoms with van der Waals surface area (Å²) in [4.78, 5) is 24.6. The maximum absolute atomic E-state index is 13.4. The van der Waals surface area contributed by atoms with E-state index in [0.717, 1.165) is 68.0 Å². The van der Waals surface area contributed by atoms with Gasteiger partial charge < -0.3 is 14.5 Å². The lowest BCUT2D eigenvalue weighted by Gasteiger charge is -2.38. The molecule has 1 aliphatic heterocycles. The van der Waals surface area contributed by atoms with Crippen LogP contribution in [-0.4, -0.2) is 73.1 Å². The average Bonchev–Trinajstić information content (AvgIpc) is 2.96. The highest BCUT2D eigenvalue weighted by molar-refractivity contribution is 6.06. The number of pyridine rings is 1. The predicted molar refractivity (Wildman–Crippen MR) is 161 cm³/mol. The molecule has 0 saturated carbocycles. The molecule has 1 fully saturated rings. The Morgan fingerprint density at radius 3 is 2.51 bits per heavy atom. The van der Waals surface area contributed by atoms with Crippen LogP contribution < -0.4 is 9.64 Å². The molecule has 3 aromatic carbocycles. The van der Waals surface area contributed by atoms with Crippen molar-refractivity contribution in [1.82, 2.24) is 14.8 Å². The van der Waals surface area contributed by atoms with Crippen LogP contribution >= 0.6 is 0 Å². The largest absolute Gasteiger partial charge is 0.493 e. The minimum Gasteiger partial charge on any atom is -0.493 e. The molecule has 0 aliphatic carbocycles. The number of anilines is 1. The summed E-state index contributed by atoms with van der Waals surface area (Å²) < 4.78 is 6.16. The van der Waals surface area contributed by atoms with E-state index in [0.29, 0.717) is 12.0 Å². The van der Waals surface area contributed by atoms with Gasteiger partial charge in [0.2, 0.25) is 0 Å². The molecular weight excluding hydrogens is 484 g/mol. The van der Waals surface area contributed by atoms with Crippen molar-refractivity contribution in [1.29, 1.82) is 0 Å². The Kier molecular flexibility index (Phi) is 8.32. The first-order valence-corrected chi connectivity index (χ1v) is 14.1. The second-order valence-electron chi connectivity index (χ2n) is 11.1. The summed E-state index contributed by atoms with van der Waals surface area (Å²) in [5.74, 6) is 1.64. The smallest absolute Gasteiger partial charge is 0.254 e. The van der Waals surface area contributed by atoms with Crippen molar-refractivity contribution in [2.45, 2.75) is 33.2 Å². The lowest BCUT2D eigenvalue weighted by atomic mass is 10.1. The van der Waals surface area contributed by atoms with Crippen molar-refractivity contribution < 1.29 is 9.53 Å². The van der Waals surface area contributed by atoms with Gasteiger partial charge in [-0.15, -0.1) is 0 Å². The second-order valence-corrected chi connectivity index (χ2v) is 11.1. The molecular formula is C33H40N4O2. The predicted octanol–water partition coefficient (Wildman–Crippen LogP) is 6.10. The molecule has 2 heterocycles. The zero-order valence-corrected chi connectivity index (χ0v) is 23.6. The van der Waals surface area contributed by atoms with Crippen LogP contribution in [0.5, 0.6) is 5.75 Å². The molecule has 204 valence electrons. The number of carbonyl (C=O) groups is 1. The third kappa shape index (κ3) is 6.17. The van der Waals surface area contributed by atoms with Gasteiger partial charge >= 0.3 is 0 Å². The maximum atomic E-state index is 13.4. The fraction of sp³-hybridized carbons (Fsp3) is 0.394. The number of rotatable bonds is 9. The highest BCUT2D eigenvalue weighted by atomic mass is 16.5. The molecule has 1 amide bonds. The normalized spacial score (nSPS) is 15.2. The van der Waals surface area contributed by atoms with Crippen LogP contribution in [0.1, 0.15) is 37.6 Å². The lowest BCUT2D eigenvalue weighted by Crippen LogP contribution is -2.51. The van der Waals surface area contributed by atoms with Gasteiger partial charge in [0.25, 0.3) is 5.91 Å². The summed E-state index contributed by atoms with van der Waals surface area (Å²) in [7, 11) is 2.18. The molecule has 0 N–H and O–H groups in total. The molecule has 5 rings (SSSR count). The topological polar surface area (TPSA) is 48.9 Å². The quantitative estimate of drug-likeness (QED) is 0.265. The summed E-state index contributed by atoms with van der Waals surface area (Å²) in [6.07, 6.45) is 2.81. The zero-order valence-electron chi connectivity index (χ0n) is 23.6. The first-order valence-electron chi connectivity index (χ1n) is 14.1. The van der Waals surface area contributed by atoms with Crippen LogP contribution in [0, 0.1) is 5.92 Å². The fourth-order valence-corrected chi connectivity index (χ4v) is 5.38. The molecule has 6 nitrogen and oxygen atoms in total. The van der Waals surface area contributed by atoms with Crippen molar-refractivity contribution in [3.05, 3.63) is 78.5 Å². The summed E-state index contributed by atoms with van der Waals surface area (Å²) in [6.45, 7) is 11.6. The maximum Gasteiger partial charge on any atom is 0.254 e. The molecule has 1 atom stereocenters. The van der Waals surface area contributed by atoms with E-state index in [-0.39, 0.29) is 5.91 Å². The van der Waals surface area contributed by atoms with E-state index in [2.05, 4.69) is 79.0 Å². The number of aromatic nitrogens is 1. The molecule has 1 unspecified atom stereocenters. The van der Waals surface area contributed by atoms with E-state index in [4.69, 9.17) is 4.74 Å². The molecule has 0 spiro atoms. The monoisotopic (exact) mass is 524 g/mol. The van der Waals surface area contributed by atoms with E-state index in [1.807, 2.05) is 35.2 Å². The summed E-state index contributed by atoms with van der Waals surface area (Å²) in [6, 6.07) is 22.9. The molecule has 0 radical (unpaired) electrons. The Morgan fingerprint density at radius 1 is 0.949 bits per heavy atom. The molecule has 1 saturated heterocycles. The third-order valence-electron chi connectivity index (χ3n) is 7.88. The van der Waals surface area contributed by atoms with Crippen LogP contribution in [-0.2, 0) is 0 Å². The van der Waals surface area contributed by atoms with Gasteiger partial charge in [0.1, 0.15) is 5.75 Å². The summed E-state index contributed by atoms with van der Waals surface area (Å²) >= 11 is 0. The van der Waals surface area contributed by atoms with E-state index in [1.165, 1.54) is 16.5 Å². The van der Waals surface area contributed by atoms with Crippen molar-refractivity contribution >= 4 is 33.3 Å². The molecule has 39 heavy (non-hydrogen) atoms. The molecule has 1 aliphatic rings. The minimum atomic E-state index is 0.0965. The fourth-order valence-electron chi connectivity index (χ4n) is 5.38. The number of amides is 1. The van der Waals surface area contributed by atoms with Crippen LogP contribution in [0.3, 0.4) is 0 Å². The highest BCUT2D eigenvalue weighted by Crippen LogP contribution is 2.33. The van der Waals surface area contributed by atoms with Crippen LogP contribution in [0.2, 0.25) is 0 Å². The Hall–Kier alpha value is -3.64. The van der Waals surface area contributed by atoms with Gasteiger partial charge in [0, 0.05) is 80.1 Å². The van der Waals surface area contributed by atoms with Crippen molar-refractivity contribution in [3.8, 4) is 5.75 Å². The first kappa shape index (κ1) is 26.9. The van der Waals surface area contributed by atoms with Gasteiger partial charge in [-0.25, -0.2) is 0 Å². The van der Waals surface area contributed by atoms with Crippen molar-refractivity contribution in [2.24, 2.45) is 5.92 Å². The highest BCUT2D eigenvalue weighted by Gasteiger charge is 2.25. The zero-order chi connectivity index (χ0) is 27.4. The number of ether oxygens (including phenoxy) is 1. The van der Waals surface area contributed by atoms with Crippen molar-refractivity contribution in [3.63, 3.8) is 0 Å². The number of fused-ring (bicyclic) bond motifs is 2.